The van der Waals surface area contributed by atoms with Gasteiger partial charge in [-0.05, 0) is 39.4 Å². The summed E-state index contributed by atoms with van der Waals surface area (Å²) in [6, 6.07) is 12.8. The third-order valence-corrected chi connectivity index (χ3v) is 4.20. The molecule has 1 aromatic heterocycles. The molecular weight excluding hydrogens is 298 g/mol. The van der Waals surface area contributed by atoms with Crippen molar-refractivity contribution in [2.75, 3.05) is 20.1 Å². The van der Waals surface area contributed by atoms with E-state index in [1.807, 2.05) is 30.3 Å². The highest BCUT2D eigenvalue weighted by atomic mass is 35.5. The van der Waals surface area contributed by atoms with Crippen molar-refractivity contribution in [1.82, 2.24) is 15.4 Å². The minimum atomic E-state index is 0. The van der Waals surface area contributed by atoms with Gasteiger partial charge in [-0.3, -0.25) is 4.90 Å². The molecule has 0 spiro atoms. The standard InChI is InChI=1S/C17H23N3O.ClH/c1-20(16-8-5-10-18-11-9-16)13-15-12-17(21-19-15)14-6-3-2-4-7-14;/h2-4,6-7,12,16,18H,5,8-11,13H2,1H3;1H. The number of benzene rings is 1. The van der Waals surface area contributed by atoms with E-state index in [2.05, 4.69) is 28.5 Å². The molecule has 1 N–H and O–H groups in total. The van der Waals surface area contributed by atoms with Gasteiger partial charge in [0.1, 0.15) is 0 Å². The van der Waals surface area contributed by atoms with E-state index in [-0.39, 0.29) is 12.4 Å². The fourth-order valence-electron chi connectivity index (χ4n) is 2.95. The smallest absolute Gasteiger partial charge is 0.167 e. The van der Waals surface area contributed by atoms with E-state index < -0.39 is 0 Å². The van der Waals surface area contributed by atoms with Gasteiger partial charge < -0.3 is 9.84 Å². The number of hydrogen-bond donors (Lipinski definition) is 1. The molecule has 1 atom stereocenters. The lowest BCUT2D eigenvalue weighted by molar-refractivity contribution is 0.211. The van der Waals surface area contributed by atoms with E-state index in [0.29, 0.717) is 6.04 Å². The summed E-state index contributed by atoms with van der Waals surface area (Å²) in [5, 5.41) is 7.68. The Morgan fingerprint density at radius 2 is 2.05 bits per heavy atom. The van der Waals surface area contributed by atoms with Crippen molar-refractivity contribution in [2.24, 2.45) is 0 Å². The molecule has 2 aromatic rings. The molecule has 1 aromatic carbocycles. The second-order valence-corrected chi connectivity index (χ2v) is 5.80. The molecular formula is C17H24ClN3O. The van der Waals surface area contributed by atoms with Crippen LogP contribution in [0.25, 0.3) is 11.3 Å². The predicted molar refractivity (Wildman–Crippen MR) is 91.2 cm³/mol. The molecule has 22 heavy (non-hydrogen) atoms. The maximum atomic E-state index is 5.47. The topological polar surface area (TPSA) is 41.3 Å². The van der Waals surface area contributed by atoms with Crippen LogP contribution in [0, 0.1) is 0 Å². The van der Waals surface area contributed by atoms with Crippen molar-refractivity contribution >= 4 is 12.4 Å². The fraction of sp³-hybridized carbons (Fsp3) is 0.471. The first-order valence-corrected chi connectivity index (χ1v) is 7.75. The summed E-state index contributed by atoms with van der Waals surface area (Å²) < 4.78 is 5.47. The quantitative estimate of drug-likeness (QED) is 0.937. The van der Waals surface area contributed by atoms with Crippen molar-refractivity contribution in [2.45, 2.75) is 31.8 Å². The Hall–Kier alpha value is -1.36. The summed E-state index contributed by atoms with van der Waals surface area (Å²) in [5.41, 5.74) is 2.09. The first-order chi connectivity index (χ1) is 10.3. The SMILES string of the molecule is CN(Cc1cc(-c2ccccc2)on1)C1CCCNCC1.Cl. The summed E-state index contributed by atoms with van der Waals surface area (Å²) in [6.07, 6.45) is 3.72. The van der Waals surface area contributed by atoms with Crippen LogP contribution in [-0.2, 0) is 6.54 Å². The number of hydrogen-bond acceptors (Lipinski definition) is 4. The Balaban J connectivity index is 0.00000176. The van der Waals surface area contributed by atoms with Crippen LogP contribution in [-0.4, -0.2) is 36.2 Å². The van der Waals surface area contributed by atoms with E-state index in [1.165, 1.54) is 19.3 Å². The van der Waals surface area contributed by atoms with Crippen molar-refractivity contribution in [3.8, 4) is 11.3 Å². The maximum Gasteiger partial charge on any atom is 0.167 e. The summed E-state index contributed by atoms with van der Waals surface area (Å²) in [5.74, 6) is 0.849. The molecule has 5 heteroatoms. The van der Waals surface area contributed by atoms with Gasteiger partial charge in [0.2, 0.25) is 0 Å². The Labute approximate surface area is 138 Å². The molecule has 1 unspecified atom stereocenters. The second kappa shape index (κ2) is 8.32. The normalized spacial score (nSPS) is 18.7. The number of nitrogens with one attached hydrogen (secondary N) is 1. The number of rotatable bonds is 4. The lowest BCUT2D eigenvalue weighted by atomic mass is 10.1. The Morgan fingerprint density at radius 3 is 2.86 bits per heavy atom. The number of aromatic nitrogens is 1. The zero-order valence-corrected chi connectivity index (χ0v) is 13.8. The van der Waals surface area contributed by atoms with Crippen LogP contribution in [0.15, 0.2) is 40.9 Å². The lowest BCUT2D eigenvalue weighted by Crippen LogP contribution is -2.32. The van der Waals surface area contributed by atoms with Crippen molar-refractivity contribution in [1.29, 1.82) is 0 Å². The van der Waals surface area contributed by atoms with Gasteiger partial charge in [0.05, 0.1) is 5.69 Å². The first-order valence-electron chi connectivity index (χ1n) is 7.75. The summed E-state index contributed by atoms with van der Waals surface area (Å²) in [6.45, 7) is 3.11. The molecule has 1 fully saturated rings. The molecule has 0 radical (unpaired) electrons. The van der Waals surface area contributed by atoms with Crippen LogP contribution in [0.3, 0.4) is 0 Å². The zero-order chi connectivity index (χ0) is 14.5. The third kappa shape index (κ3) is 4.32. The molecule has 1 aliphatic heterocycles. The van der Waals surface area contributed by atoms with E-state index in [4.69, 9.17) is 4.52 Å². The van der Waals surface area contributed by atoms with Gasteiger partial charge in [-0.1, -0.05) is 35.5 Å². The second-order valence-electron chi connectivity index (χ2n) is 5.80. The molecule has 1 saturated heterocycles. The van der Waals surface area contributed by atoms with Crippen LogP contribution in [0.2, 0.25) is 0 Å². The third-order valence-electron chi connectivity index (χ3n) is 4.20. The van der Waals surface area contributed by atoms with Gasteiger partial charge in [0, 0.05) is 24.2 Å². The number of nitrogens with zero attached hydrogens (tertiary/aromatic N) is 2. The summed E-state index contributed by atoms with van der Waals surface area (Å²) in [7, 11) is 2.19. The van der Waals surface area contributed by atoms with Gasteiger partial charge in [0.15, 0.2) is 5.76 Å². The van der Waals surface area contributed by atoms with Crippen LogP contribution in [0.1, 0.15) is 25.0 Å². The minimum Gasteiger partial charge on any atom is -0.356 e. The van der Waals surface area contributed by atoms with Crippen LogP contribution in [0.5, 0.6) is 0 Å². The Bertz CT molecular complexity index is 550. The monoisotopic (exact) mass is 321 g/mol. The highest BCUT2D eigenvalue weighted by molar-refractivity contribution is 5.85. The molecule has 3 rings (SSSR count). The molecule has 120 valence electrons. The van der Waals surface area contributed by atoms with Gasteiger partial charge in [0.25, 0.3) is 0 Å². The summed E-state index contributed by atoms with van der Waals surface area (Å²) >= 11 is 0. The van der Waals surface area contributed by atoms with Gasteiger partial charge in [-0.2, -0.15) is 0 Å². The molecule has 0 bridgehead atoms. The van der Waals surface area contributed by atoms with Crippen molar-refractivity contribution < 1.29 is 4.52 Å². The lowest BCUT2D eigenvalue weighted by Gasteiger charge is -2.25. The first kappa shape index (κ1) is 17.0. The van der Waals surface area contributed by atoms with E-state index in [9.17, 15) is 0 Å². The predicted octanol–water partition coefficient (Wildman–Crippen LogP) is 3.34. The average Bonchev–Trinajstić information content (AvgIpc) is 2.81. The van der Waals surface area contributed by atoms with E-state index >= 15 is 0 Å². The molecule has 0 aliphatic carbocycles. The average molecular weight is 322 g/mol. The van der Waals surface area contributed by atoms with E-state index in [0.717, 1.165) is 36.7 Å². The van der Waals surface area contributed by atoms with Crippen molar-refractivity contribution in [3.05, 3.63) is 42.1 Å². The molecule has 0 saturated carbocycles. The Kier molecular flexibility index (Phi) is 6.43. The molecule has 4 nitrogen and oxygen atoms in total. The largest absolute Gasteiger partial charge is 0.356 e. The van der Waals surface area contributed by atoms with Gasteiger partial charge in [-0.15, -0.1) is 12.4 Å². The van der Waals surface area contributed by atoms with Crippen LogP contribution < -0.4 is 5.32 Å². The van der Waals surface area contributed by atoms with E-state index in [1.54, 1.807) is 0 Å². The zero-order valence-electron chi connectivity index (χ0n) is 13.0. The van der Waals surface area contributed by atoms with Gasteiger partial charge >= 0.3 is 0 Å². The maximum absolute atomic E-state index is 5.47. The highest BCUT2D eigenvalue weighted by Gasteiger charge is 2.18. The Morgan fingerprint density at radius 1 is 1.23 bits per heavy atom. The minimum absolute atomic E-state index is 0. The number of halogens is 1. The highest BCUT2D eigenvalue weighted by Crippen LogP contribution is 2.21. The summed E-state index contributed by atoms with van der Waals surface area (Å²) in [4.78, 5) is 2.40. The fourth-order valence-corrected chi connectivity index (χ4v) is 2.95. The van der Waals surface area contributed by atoms with Gasteiger partial charge in [-0.25, -0.2) is 0 Å². The van der Waals surface area contributed by atoms with Crippen LogP contribution >= 0.6 is 12.4 Å². The van der Waals surface area contributed by atoms with Crippen LogP contribution in [0.4, 0.5) is 0 Å². The van der Waals surface area contributed by atoms with Crippen molar-refractivity contribution in [3.63, 3.8) is 0 Å². The molecule has 1 aliphatic rings. The molecule has 2 heterocycles. The molecule has 0 amide bonds.